The molecule has 3 aliphatic rings. The van der Waals surface area contributed by atoms with Gasteiger partial charge in [0, 0.05) is 0 Å². The summed E-state index contributed by atoms with van der Waals surface area (Å²) in [5.74, 6) is 0. The molecule has 2 aliphatic carbocycles. The zero-order chi connectivity index (χ0) is 12.0. The second-order valence-corrected chi connectivity index (χ2v) is 13.9. The molecule has 0 saturated carbocycles. The molecule has 0 fully saturated rings. The van der Waals surface area contributed by atoms with Gasteiger partial charge in [-0.3, -0.25) is 0 Å². The largest absolute Gasteiger partial charge is 1.00 e. The van der Waals surface area contributed by atoms with Gasteiger partial charge in [0.1, 0.15) is 0 Å². The summed E-state index contributed by atoms with van der Waals surface area (Å²) >= 11 is 3.74. The maximum atomic E-state index is 5.93. The van der Waals surface area contributed by atoms with Crippen molar-refractivity contribution in [3.63, 3.8) is 0 Å². The van der Waals surface area contributed by atoms with Gasteiger partial charge >= 0.3 is 127 Å². The van der Waals surface area contributed by atoms with Crippen LogP contribution in [-0.4, -0.2) is 4.16 Å². The zero-order valence-corrected chi connectivity index (χ0v) is 17.3. The molecule has 0 aromatic heterocycles. The summed E-state index contributed by atoms with van der Waals surface area (Å²) in [5.41, 5.74) is 2.82. The molecule has 1 aliphatic heterocycles. The van der Waals surface area contributed by atoms with E-state index >= 15 is 0 Å². The third-order valence-corrected chi connectivity index (χ3v) is 14.4. The molecule has 0 spiro atoms. The van der Waals surface area contributed by atoms with Crippen LogP contribution >= 0.6 is 36.5 Å². The van der Waals surface area contributed by atoms with Crippen LogP contribution in [0.1, 0.15) is 13.3 Å². The predicted octanol–water partition coefficient (Wildman–Crippen LogP) is -0.865. The molecule has 0 radical (unpaired) electrons. The van der Waals surface area contributed by atoms with Gasteiger partial charge in [0.2, 0.25) is 0 Å². The third kappa shape index (κ3) is 3.52. The molecule has 1 atom stereocenters. The van der Waals surface area contributed by atoms with Gasteiger partial charge in [0.05, 0.1) is 0 Å². The molecule has 1 heterocycles. The number of alkyl halides is 1. The van der Waals surface area contributed by atoms with Crippen LogP contribution < -0.4 is 24.8 Å². The van der Waals surface area contributed by atoms with Crippen molar-refractivity contribution in [2.45, 2.75) is 17.5 Å². The third-order valence-electron chi connectivity index (χ3n) is 3.05. The quantitative estimate of drug-likeness (QED) is 0.479. The van der Waals surface area contributed by atoms with Crippen molar-refractivity contribution >= 4 is 36.5 Å². The molecule has 6 heteroatoms. The van der Waals surface area contributed by atoms with Gasteiger partial charge in [0.15, 0.2) is 0 Å². The number of rotatable bonds is 2. The van der Waals surface area contributed by atoms with Crippen molar-refractivity contribution in [3.05, 3.63) is 53.0 Å². The number of fused-ring (bicyclic) bond motifs is 1. The summed E-state index contributed by atoms with van der Waals surface area (Å²) in [6.07, 6.45) is 12.3. The van der Waals surface area contributed by atoms with Crippen LogP contribution in [0, 0.1) is 0 Å². The Labute approximate surface area is 150 Å². The molecule has 0 aromatic rings. The minimum atomic E-state index is -1.98. The van der Waals surface area contributed by atoms with Crippen LogP contribution in [0.2, 0.25) is 0 Å². The normalized spacial score (nSPS) is 22.8. The first kappa shape index (κ1) is 18.3. The first-order valence-corrected chi connectivity index (χ1v) is 13.2. The fourth-order valence-electron chi connectivity index (χ4n) is 2.24. The molecule has 0 bridgehead atoms. The van der Waals surface area contributed by atoms with Gasteiger partial charge in [-0.05, 0) is 0 Å². The summed E-state index contributed by atoms with van der Waals surface area (Å²) in [6, 6.07) is 0. The van der Waals surface area contributed by atoms with Gasteiger partial charge < -0.3 is 24.8 Å². The topological polar surface area (TPSA) is 0 Å². The van der Waals surface area contributed by atoms with Gasteiger partial charge in [-0.15, -0.1) is 0 Å². The van der Waals surface area contributed by atoms with Crippen LogP contribution in [0.25, 0.3) is 0 Å². The molecule has 0 amide bonds. The summed E-state index contributed by atoms with van der Waals surface area (Å²) in [6.45, 7) is 2.17. The Kier molecular flexibility index (Phi) is 7.18. The molecule has 3 rings (SSSR count). The minimum absolute atomic E-state index is 0. The summed E-state index contributed by atoms with van der Waals surface area (Å²) in [4.78, 5) is 1.42. The molecule has 0 saturated heterocycles. The minimum Gasteiger partial charge on any atom is -1.00 e. The van der Waals surface area contributed by atoms with Crippen LogP contribution in [0.4, 0.5) is 0 Å². The maximum Gasteiger partial charge on any atom is -1.00 e. The van der Waals surface area contributed by atoms with Crippen molar-refractivity contribution in [2.24, 2.45) is 0 Å². The predicted molar refractivity (Wildman–Crippen MR) is 78.6 cm³/mol. The Morgan fingerprint density at radius 1 is 1.37 bits per heavy atom. The average Bonchev–Trinajstić information content (AvgIpc) is 2.92. The summed E-state index contributed by atoms with van der Waals surface area (Å²) in [5, 5.41) is 0. The zero-order valence-electron chi connectivity index (χ0n) is 10.1. The summed E-state index contributed by atoms with van der Waals surface area (Å²) < 4.78 is 3.54. The van der Waals surface area contributed by atoms with E-state index in [9.17, 15) is 0 Å². The SMILES string of the molecule is CC1=CC2=[C]([Zr+2](=[S])[C]3=CC=CC3)C(Br)SC2=C1.[Cl-].[Cl-]. The Balaban J connectivity index is 0.000000902. The standard InChI is InChI=1S/C8H6BrS.C5H5.2ClH.S.Zr/c1-5-2-6-4-8(9)10-7(6)3-5;1-2-4-5-3-1;;;;/h2-3,8H,1H3;1-3H,4H2;2*1H;;/q;;;;;+2/p-2. The molecular formula is C13H11BrCl2S2Zr. The van der Waals surface area contributed by atoms with Crippen LogP contribution in [0.15, 0.2) is 53.0 Å². The van der Waals surface area contributed by atoms with Crippen molar-refractivity contribution in [1.29, 1.82) is 0 Å². The number of hydrogen-bond donors (Lipinski definition) is 0. The van der Waals surface area contributed by atoms with Crippen molar-refractivity contribution < 1.29 is 44.5 Å². The second kappa shape index (κ2) is 7.47. The van der Waals surface area contributed by atoms with E-state index in [1.54, 1.807) is 6.56 Å². The van der Waals surface area contributed by atoms with E-state index in [1.807, 2.05) is 11.8 Å². The maximum absolute atomic E-state index is 5.93. The van der Waals surface area contributed by atoms with Gasteiger partial charge in [-0.25, -0.2) is 0 Å². The smallest absolute Gasteiger partial charge is 1.00 e. The molecule has 0 nitrogen and oxygen atoms in total. The first-order valence-electron chi connectivity index (χ1n) is 5.52. The summed E-state index contributed by atoms with van der Waals surface area (Å²) in [7, 11) is 5.93. The Bertz CT molecular complexity index is 573. The molecule has 19 heavy (non-hydrogen) atoms. The second-order valence-electron chi connectivity index (χ2n) is 4.31. The molecule has 1 unspecified atom stereocenters. The molecule has 100 valence electrons. The van der Waals surface area contributed by atoms with Gasteiger partial charge in [0.25, 0.3) is 0 Å². The Morgan fingerprint density at radius 2 is 2.11 bits per heavy atom. The van der Waals surface area contributed by atoms with Crippen LogP contribution in [-0.2, 0) is 19.7 Å². The van der Waals surface area contributed by atoms with Crippen molar-refractivity contribution in [3.8, 4) is 0 Å². The van der Waals surface area contributed by atoms with E-state index in [4.69, 9.17) is 8.86 Å². The van der Waals surface area contributed by atoms with E-state index in [-0.39, 0.29) is 24.8 Å². The molecular weight excluding hydrogens is 462 g/mol. The number of allylic oxidation sites excluding steroid dienone is 8. The molecule has 0 aromatic carbocycles. The van der Waals surface area contributed by atoms with E-state index in [0.717, 1.165) is 6.42 Å². The number of hydrogen-bond acceptors (Lipinski definition) is 2. The van der Waals surface area contributed by atoms with Crippen LogP contribution in [0.5, 0.6) is 0 Å². The number of halogens is 3. The average molecular weight is 473 g/mol. The Hall–Kier alpha value is 1.21. The fourth-order valence-corrected chi connectivity index (χ4v) is 14.2. The van der Waals surface area contributed by atoms with Crippen molar-refractivity contribution in [2.75, 3.05) is 0 Å². The van der Waals surface area contributed by atoms with E-state index < -0.39 is 19.7 Å². The molecule has 0 N–H and O–H groups in total. The van der Waals surface area contributed by atoms with E-state index in [0.29, 0.717) is 4.16 Å². The van der Waals surface area contributed by atoms with E-state index in [2.05, 4.69) is 53.2 Å². The first-order chi connectivity index (χ1) is 8.16. The van der Waals surface area contributed by atoms with Crippen LogP contribution in [0.3, 0.4) is 0 Å². The van der Waals surface area contributed by atoms with Gasteiger partial charge in [-0.2, -0.15) is 0 Å². The monoisotopic (exact) mass is 470 g/mol. The van der Waals surface area contributed by atoms with E-state index in [1.165, 1.54) is 16.1 Å². The number of thioether (sulfide) groups is 1. The van der Waals surface area contributed by atoms with Gasteiger partial charge in [-0.1, -0.05) is 0 Å². The fraction of sp³-hybridized carbons (Fsp3) is 0.231. The Morgan fingerprint density at radius 3 is 2.74 bits per heavy atom. The van der Waals surface area contributed by atoms with Crippen molar-refractivity contribution in [1.82, 2.24) is 0 Å².